The van der Waals surface area contributed by atoms with Crippen LogP contribution in [0.4, 0.5) is 0 Å². The molecule has 0 aliphatic heterocycles. The SMILES string of the molecule is COc1cccc(CCNCC(=O)NC(C)C)c1. The minimum atomic E-state index is 0.0376. The van der Waals surface area contributed by atoms with Crippen molar-refractivity contribution >= 4 is 5.91 Å². The first-order valence-corrected chi connectivity index (χ1v) is 6.25. The molecule has 1 rings (SSSR count). The Morgan fingerprint density at radius 2 is 2.17 bits per heavy atom. The van der Waals surface area contributed by atoms with Crippen LogP contribution in [-0.4, -0.2) is 32.1 Å². The van der Waals surface area contributed by atoms with E-state index in [2.05, 4.69) is 16.7 Å². The lowest BCUT2D eigenvalue weighted by Crippen LogP contribution is -2.38. The van der Waals surface area contributed by atoms with Crippen LogP contribution in [0.5, 0.6) is 5.75 Å². The lowest BCUT2D eigenvalue weighted by atomic mass is 10.1. The minimum absolute atomic E-state index is 0.0376. The van der Waals surface area contributed by atoms with Gasteiger partial charge in [-0.2, -0.15) is 0 Å². The number of benzene rings is 1. The molecule has 0 unspecified atom stereocenters. The first-order valence-electron chi connectivity index (χ1n) is 6.25. The molecule has 0 radical (unpaired) electrons. The predicted molar refractivity (Wildman–Crippen MR) is 72.8 cm³/mol. The fourth-order valence-corrected chi connectivity index (χ4v) is 1.64. The molecule has 4 nitrogen and oxygen atoms in total. The van der Waals surface area contributed by atoms with Gasteiger partial charge in [-0.15, -0.1) is 0 Å². The number of carbonyl (C=O) groups excluding carboxylic acids is 1. The Labute approximate surface area is 109 Å². The number of nitrogens with one attached hydrogen (secondary N) is 2. The molecule has 0 aliphatic rings. The molecule has 0 aromatic heterocycles. The third kappa shape index (κ3) is 5.68. The van der Waals surface area contributed by atoms with E-state index in [0.717, 1.165) is 18.7 Å². The maximum Gasteiger partial charge on any atom is 0.234 e. The van der Waals surface area contributed by atoms with E-state index in [1.807, 2.05) is 32.0 Å². The Morgan fingerprint density at radius 1 is 1.39 bits per heavy atom. The summed E-state index contributed by atoms with van der Waals surface area (Å²) < 4.78 is 5.16. The molecule has 0 aliphatic carbocycles. The molecule has 1 aromatic rings. The maximum atomic E-state index is 11.4. The van der Waals surface area contributed by atoms with Crippen molar-refractivity contribution in [3.05, 3.63) is 29.8 Å². The van der Waals surface area contributed by atoms with Crippen molar-refractivity contribution in [2.45, 2.75) is 26.3 Å². The average Bonchev–Trinajstić information content (AvgIpc) is 2.34. The van der Waals surface area contributed by atoms with Crippen LogP contribution in [0.3, 0.4) is 0 Å². The number of hydrogen-bond acceptors (Lipinski definition) is 3. The number of rotatable bonds is 7. The first kappa shape index (κ1) is 14.5. The van der Waals surface area contributed by atoms with E-state index < -0.39 is 0 Å². The van der Waals surface area contributed by atoms with Gasteiger partial charge in [0.25, 0.3) is 0 Å². The lowest BCUT2D eigenvalue weighted by Gasteiger charge is -2.09. The largest absolute Gasteiger partial charge is 0.497 e. The molecule has 0 atom stereocenters. The summed E-state index contributed by atoms with van der Waals surface area (Å²) in [5, 5.41) is 5.96. The molecule has 0 heterocycles. The Hall–Kier alpha value is -1.55. The minimum Gasteiger partial charge on any atom is -0.497 e. The summed E-state index contributed by atoms with van der Waals surface area (Å²) in [7, 11) is 1.66. The standard InChI is InChI=1S/C14H22N2O2/c1-11(2)16-14(17)10-15-8-7-12-5-4-6-13(9-12)18-3/h4-6,9,11,15H,7-8,10H2,1-3H3,(H,16,17). The monoisotopic (exact) mass is 250 g/mol. The van der Waals surface area contributed by atoms with Crippen LogP contribution in [0.25, 0.3) is 0 Å². The van der Waals surface area contributed by atoms with Crippen molar-refractivity contribution in [2.24, 2.45) is 0 Å². The van der Waals surface area contributed by atoms with Crippen LogP contribution in [0, 0.1) is 0 Å². The Kier molecular flexibility index (Phi) is 6.22. The highest BCUT2D eigenvalue weighted by molar-refractivity contribution is 5.78. The van der Waals surface area contributed by atoms with Crippen LogP contribution in [0.2, 0.25) is 0 Å². The van der Waals surface area contributed by atoms with E-state index in [4.69, 9.17) is 4.74 Å². The van der Waals surface area contributed by atoms with Crippen LogP contribution in [-0.2, 0) is 11.2 Å². The molecule has 0 bridgehead atoms. The van der Waals surface area contributed by atoms with Gasteiger partial charge in [0.2, 0.25) is 5.91 Å². The molecule has 4 heteroatoms. The Morgan fingerprint density at radius 3 is 2.83 bits per heavy atom. The second-order valence-electron chi connectivity index (χ2n) is 4.50. The third-order valence-corrected chi connectivity index (χ3v) is 2.46. The quantitative estimate of drug-likeness (QED) is 0.718. The zero-order valence-electron chi connectivity index (χ0n) is 11.3. The van der Waals surface area contributed by atoms with Gasteiger partial charge in [0.1, 0.15) is 5.75 Å². The molecule has 0 saturated heterocycles. The van der Waals surface area contributed by atoms with Crippen LogP contribution < -0.4 is 15.4 Å². The van der Waals surface area contributed by atoms with Gasteiger partial charge < -0.3 is 15.4 Å². The fraction of sp³-hybridized carbons (Fsp3) is 0.500. The number of methoxy groups -OCH3 is 1. The summed E-state index contributed by atoms with van der Waals surface area (Å²) in [6.07, 6.45) is 0.881. The summed E-state index contributed by atoms with van der Waals surface area (Å²) in [5.41, 5.74) is 1.20. The molecule has 0 fully saturated rings. The van der Waals surface area contributed by atoms with E-state index >= 15 is 0 Å². The van der Waals surface area contributed by atoms with Crippen molar-refractivity contribution in [3.8, 4) is 5.75 Å². The summed E-state index contributed by atoms with van der Waals surface area (Å²) in [5.74, 6) is 0.903. The van der Waals surface area contributed by atoms with E-state index in [1.165, 1.54) is 5.56 Å². The van der Waals surface area contributed by atoms with Gasteiger partial charge in [-0.25, -0.2) is 0 Å². The summed E-state index contributed by atoms with van der Waals surface area (Å²) in [4.78, 5) is 11.4. The highest BCUT2D eigenvalue weighted by atomic mass is 16.5. The van der Waals surface area contributed by atoms with Crippen molar-refractivity contribution in [2.75, 3.05) is 20.2 Å². The number of ether oxygens (including phenoxy) is 1. The zero-order chi connectivity index (χ0) is 13.4. The first-order chi connectivity index (χ1) is 8.61. The van der Waals surface area contributed by atoms with E-state index in [9.17, 15) is 4.79 Å². The van der Waals surface area contributed by atoms with E-state index in [0.29, 0.717) is 6.54 Å². The topological polar surface area (TPSA) is 50.4 Å². The van der Waals surface area contributed by atoms with Gasteiger partial charge >= 0.3 is 0 Å². The molecule has 1 amide bonds. The van der Waals surface area contributed by atoms with Crippen molar-refractivity contribution < 1.29 is 9.53 Å². The molecule has 0 saturated carbocycles. The van der Waals surface area contributed by atoms with E-state index in [-0.39, 0.29) is 11.9 Å². The summed E-state index contributed by atoms with van der Waals surface area (Å²) in [6.45, 7) is 5.04. The van der Waals surface area contributed by atoms with Crippen molar-refractivity contribution in [1.82, 2.24) is 10.6 Å². The molecule has 1 aromatic carbocycles. The fourth-order valence-electron chi connectivity index (χ4n) is 1.64. The number of carbonyl (C=O) groups is 1. The molecule has 2 N–H and O–H groups in total. The summed E-state index contributed by atoms with van der Waals surface area (Å²) in [6, 6.07) is 8.15. The van der Waals surface area contributed by atoms with Crippen LogP contribution in [0.1, 0.15) is 19.4 Å². The lowest BCUT2D eigenvalue weighted by molar-refractivity contribution is -0.120. The van der Waals surface area contributed by atoms with Crippen LogP contribution in [0.15, 0.2) is 24.3 Å². The maximum absolute atomic E-state index is 11.4. The molecule has 0 spiro atoms. The smallest absolute Gasteiger partial charge is 0.234 e. The normalized spacial score (nSPS) is 10.4. The Balaban J connectivity index is 2.23. The molecular weight excluding hydrogens is 228 g/mol. The van der Waals surface area contributed by atoms with Gasteiger partial charge in [-0.1, -0.05) is 12.1 Å². The van der Waals surface area contributed by atoms with E-state index in [1.54, 1.807) is 7.11 Å². The Bertz CT molecular complexity index is 378. The predicted octanol–water partition coefficient (Wildman–Crippen LogP) is 1.35. The van der Waals surface area contributed by atoms with Crippen LogP contribution >= 0.6 is 0 Å². The van der Waals surface area contributed by atoms with Gasteiger partial charge in [-0.05, 0) is 44.5 Å². The second-order valence-corrected chi connectivity index (χ2v) is 4.50. The van der Waals surface area contributed by atoms with Crippen molar-refractivity contribution in [3.63, 3.8) is 0 Å². The summed E-state index contributed by atoms with van der Waals surface area (Å²) >= 11 is 0. The third-order valence-electron chi connectivity index (χ3n) is 2.46. The van der Waals surface area contributed by atoms with Gasteiger partial charge in [0.05, 0.1) is 13.7 Å². The molecule has 18 heavy (non-hydrogen) atoms. The van der Waals surface area contributed by atoms with Gasteiger partial charge in [-0.3, -0.25) is 4.79 Å². The highest BCUT2D eigenvalue weighted by Gasteiger charge is 2.02. The number of amides is 1. The van der Waals surface area contributed by atoms with Crippen molar-refractivity contribution in [1.29, 1.82) is 0 Å². The number of hydrogen-bond donors (Lipinski definition) is 2. The molecular formula is C14H22N2O2. The van der Waals surface area contributed by atoms with Gasteiger partial charge in [0.15, 0.2) is 0 Å². The average molecular weight is 250 g/mol. The zero-order valence-corrected chi connectivity index (χ0v) is 11.3. The molecule has 100 valence electrons. The second kappa shape index (κ2) is 7.71. The van der Waals surface area contributed by atoms with Gasteiger partial charge in [0, 0.05) is 6.04 Å². The highest BCUT2D eigenvalue weighted by Crippen LogP contribution is 2.12.